The molecule has 1 aliphatic rings. The minimum atomic E-state index is 0.447. The second-order valence-electron chi connectivity index (χ2n) is 4.50. The van der Waals surface area contributed by atoms with E-state index in [1.54, 1.807) is 5.57 Å². The van der Waals surface area contributed by atoms with Gasteiger partial charge in [-0.3, -0.25) is 0 Å². The number of rotatable bonds is 6. The van der Waals surface area contributed by atoms with Gasteiger partial charge in [-0.05, 0) is 39.2 Å². The van der Waals surface area contributed by atoms with Crippen LogP contribution in [0.25, 0.3) is 0 Å². The summed E-state index contributed by atoms with van der Waals surface area (Å²) >= 11 is 0. The molecule has 0 amide bonds. The van der Waals surface area contributed by atoms with Crippen LogP contribution in [0, 0.1) is 0 Å². The van der Waals surface area contributed by atoms with Crippen molar-refractivity contribution in [2.75, 3.05) is 19.8 Å². The second-order valence-corrected chi connectivity index (χ2v) is 4.50. The third-order valence-electron chi connectivity index (χ3n) is 3.21. The summed E-state index contributed by atoms with van der Waals surface area (Å²) in [6.45, 7) is 6.90. The van der Waals surface area contributed by atoms with Crippen molar-refractivity contribution in [2.24, 2.45) is 0 Å². The molecule has 0 aliphatic heterocycles. The zero-order valence-corrected chi connectivity index (χ0v) is 10.9. The van der Waals surface area contributed by atoms with Gasteiger partial charge in [0.2, 0.25) is 0 Å². The van der Waals surface area contributed by atoms with Crippen molar-refractivity contribution >= 4 is 0 Å². The number of hydrogen-bond acceptors (Lipinski definition) is 2. The third-order valence-corrected chi connectivity index (χ3v) is 3.21. The van der Waals surface area contributed by atoms with E-state index in [0.717, 1.165) is 19.8 Å². The molecule has 0 spiro atoms. The summed E-state index contributed by atoms with van der Waals surface area (Å²) in [5.74, 6) is 0. The van der Waals surface area contributed by atoms with E-state index in [1.165, 1.54) is 38.5 Å². The molecule has 0 saturated carbocycles. The van der Waals surface area contributed by atoms with Gasteiger partial charge in [0.25, 0.3) is 0 Å². The molecule has 2 nitrogen and oxygen atoms in total. The van der Waals surface area contributed by atoms with Gasteiger partial charge in [-0.25, -0.2) is 0 Å². The molecule has 0 aromatic rings. The van der Waals surface area contributed by atoms with E-state index in [-0.39, 0.29) is 0 Å². The Bertz CT molecular complexity index is 201. The lowest BCUT2D eigenvalue weighted by atomic mass is 9.95. The van der Waals surface area contributed by atoms with Gasteiger partial charge < -0.3 is 10.1 Å². The van der Waals surface area contributed by atoms with Crippen LogP contribution in [-0.4, -0.2) is 25.8 Å². The number of hydrogen-bond donors (Lipinski definition) is 1. The van der Waals surface area contributed by atoms with Crippen LogP contribution >= 0.6 is 0 Å². The van der Waals surface area contributed by atoms with Gasteiger partial charge >= 0.3 is 0 Å². The highest BCUT2D eigenvalue weighted by Gasteiger charge is 2.13. The van der Waals surface area contributed by atoms with Crippen LogP contribution in [0.4, 0.5) is 0 Å². The van der Waals surface area contributed by atoms with E-state index in [2.05, 4.69) is 25.2 Å². The Hall–Kier alpha value is -0.340. The van der Waals surface area contributed by atoms with Gasteiger partial charge in [0.15, 0.2) is 0 Å². The monoisotopic (exact) mass is 225 g/mol. The van der Waals surface area contributed by atoms with Crippen LogP contribution in [0.1, 0.15) is 52.4 Å². The molecule has 16 heavy (non-hydrogen) atoms. The van der Waals surface area contributed by atoms with Crippen LogP contribution in [-0.2, 0) is 4.74 Å². The summed E-state index contributed by atoms with van der Waals surface area (Å²) in [5.41, 5.74) is 1.58. The smallest absolute Gasteiger partial charge is 0.0658 e. The first kappa shape index (κ1) is 13.7. The molecule has 0 bridgehead atoms. The number of ether oxygens (including phenoxy) is 1. The van der Waals surface area contributed by atoms with Gasteiger partial charge in [-0.1, -0.05) is 31.4 Å². The first-order valence-electron chi connectivity index (χ1n) is 6.88. The van der Waals surface area contributed by atoms with Crippen molar-refractivity contribution in [1.29, 1.82) is 0 Å². The highest BCUT2D eigenvalue weighted by molar-refractivity contribution is 5.11. The molecule has 1 atom stereocenters. The zero-order chi connectivity index (χ0) is 11.6. The maximum atomic E-state index is 5.57. The van der Waals surface area contributed by atoms with Crippen molar-refractivity contribution in [2.45, 2.75) is 58.4 Å². The average molecular weight is 225 g/mol. The zero-order valence-electron chi connectivity index (χ0n) is 10.9. The molecule has 2 heteroatoms. The number of nitrogens with one attached hydrogen (secondary N) is 1. The topological polar surface area (TPSA) is 21.3 Å². The highest BCUT2D eigenvalue weighted by atomic mass is 16.5. The fraction of sp³-hybridized carbons (Fsp3) is 0.857. The maximum absolute atomic E-state index is 5.57. The second kappa shape index (κ2) is 8.77. The van der Waals surface area contributed by atoms with Crippen LogP contribution in [0.15, 0.2) is 11.6 Å². The lowest BCUT2D eigenvalue weighted by Crippen LogP contribution is -2.35. The molecule has 0 radical (unpaired) electrons. The van der Waals surface area contributed by atoms with E-state index >= 15 is 0 Å². The standard InChI is InChI=1S/C14H27NO/c1-3-15-14(12-16-4-2)13-10-8-6-5-7-9-11-13/h10,14-15H,3-9,11-12H2,1-2H3. The summed E-state index contributed by atoms with van der Waals surface area (Å²) in [7, 11) is 0. The maximum Gasteiger partial charge on any atom is 0.0658 e. The normalized spacial score (nSPS) is 19.8. The fourth-order valence-corrected chi connectivity index (χ4v) is 2.31. The molecule has 0 aromatic carbocycles. The molecule has 1 unspecified atom stereocenters. The Morgan fingerprint density at radius 1 is 1.25 bits per heavy atom. The van der Waals surface area contributed by atoms with Crippen molar-refractivity contribution in [3.05, 3.63) is 11.6 Å². The molecule has 1 rings (SSSR count). The number of allylic oxidation sites excluding steroid dienone is 1. The minimum Gasteiger partial charge on any atom is -0.380 e. The lowest BCUT2D eigenvalue weighted by Gasteiger charge is -2.22. The quantitative estimate of drug-likeness (QED) is 0.700. The van der Waals surface area contributed by atoms with E-state index < -0.39 is 0 Å². The Kier molecular flexibility index (Phi) is 7.52. The molecule has 94 valence electrons. The summed E-state index contributed by atoms with van der Waals surface area (Å²) in [6, 6.07) is 0.447. The molecular formula is C14H27NO. The third kappa shape index (κ3) is 5.13. The van der Waals surface area contributed by atoms with Gasteiger partial charge in [0.05, 0.1) is 12.6 Å². The molecule has 0 heterocycles. The number of likely N-dealkylation sites (N-methyl/N-ethyl adjacent to an activating group) is 1. The van der Waals surface area contributed by atoms with Crippen LogP contribution in [0.2, 0.25) is 0 Å². The van der Waals surface area contributed by atoms with E-state index in [9.17, 15) is 0 Å². The largest absolute Gasteiger partial charge is 0.380 e. The van der Waals surface area contributed by atoms with E-state index in [0.29, 0.717) is 6.04 Å². The van der Waals surface area contributed by atoms with E-state index in [4.69, 9.17) is 4.74 Å². The van der Waals surface area contributed by atoms with Crippen LogP contribution < -0.4 is 5.32 Å². The Morgan fingerprint density at radius 2 is 2.06 bits per heavy atom. The van der Waals surface area contributed by atoms with Crippen molar-refractivity contribution in [3.63, 3.8) is 0 Å². The SMILES string of the molecule is CCNC(COCC)C1=CCCCCCC1. The van der Waals surface area contributed by atoms with Crippen LogP contribution in [0.3, 0.4) is 0 Å². The molecule has 0 aromatic heterocycles. The molecule has 1 aliphatic carbocycles. The summed E-state index contributed by atoms with van der Waals surface area (Å²) < 4.78 is 5.57. The van der Waals surface area contributed by atoms with E-state index in [1.807, 2.05) is 0 Å². The predicted octanol–water partition coefficient (Wildman–Crippen LogP) is 3.28. The first-order chi connectivity index (χ1) is 7.88. The summed E-state index contributed by atoms with van der Waals surface area (Å²) in [5, 5.41) is 3.54. The average Bonchev–Trinajstić information content (AvgIpc) is 2.24. The Morgan fingerprint density at radius 3 is 2.81 bits per heavy atom. The molecule has 0 fully saturated rings. The fourth-order valence-electron chi connectivity index (χ4n) is 2.31. The minimum absolute atomic E-state index is 0.447. The molecule has 0 saturated heterocycles. The molecule has 1 N–H and O–H groups in total. The highest BCUT2D eigenvalue weighted by Crippen LogP contribution is 2.19. The van der Waals surface area contributed by atoms with Gasteiger partial charge in [0, 0.05) is 6.61 Å². The van der Waals surface area contributed by atoms with Crippen molar-refractivity contribution in [1.82, 2.24) is 5.32 Å². The Labute approximate surface area is 100 Å². The molecular weight excluding hydrogens is 198 g/mol. The van der Waals surface area contributed by atoms with Crippen molar-refractivity contribution < 1.29 is 4.74 Å². The van der Waals surface area contributed by atoms with Crippen LogP contribution in [0.5, 0.6) is 0 Å². The van der Waals surface area contributed by atoms with Gasteiger partial charge in [-0.15, -0.1) is 0 Å². The van der Waals surface area contributed by atoms with Gasteiger partial charge in [0.1, 0.15) is 0 Å². The summed E-state index contributed by atoms with van der Waals surface area (Å²) in [4.78, 5) is 0. The lowest BCUT2D eigenvalue weighted by molar-refractivity contribution is 0.131. The van der Waals surface area contributed by atoms with Gasteiger partial charge in [-0.2, -0.15) is 0 Å². The predicted molar refractivity (Wildman–Crippen MR) is 69.7 cm³/mol. The Balaban J connectivity index is 2.51. The first-order valence-corrected chi connectivity index (χ1v) is 6.88. The van der Waals surface area contributed by atoms with Crippen molar-refractivity contribution in [3.8, 4) is 0 Å². The summed E-state index contributed by atoms with van der Waals surface area (Å²) in [6.07, 6.45) is 10.5.